The summed E-state index contributed by atoms with van der Waals surface area (Å²) < 4.78 is 3.08. The third kappa shape index (κ3) is 3.22. The van der Waals surface area contributed by atoms with E-state index < -0.39 is 5.97 Å². The van der Waals surface area contributed by atoms with Crippen LogP contribution in [0.15, 0.2) is 33.1 Å². The van der Waals surface area contributed by atoms with E-state index in [2.05, 4.69) is 15.2 Å². The summed E-state index contributed by atoms with van der Waals surface area (Å²) in [6.45, 7) is 1.93. The Morgan fingerprint density at radius 3 is 2.68 bits per heavy atom. The fourth-order valence-electron chi connectivity index (χ4n) is 2.48. The van der Waals surface area contributed by atoms with Crippen LogP contribution in [-0.2, 0) is 25.3 Å². The van der Waals surface area contributed by atoms with E-state index >= 15 is 0 Å². The van der Waals surface area contributed by atoms with Crippen molar-refractivity contribution in [3.8, 4) is 0 Å². The predicted octanol–water partition coefficient (Wildman–Crippen LogP) is 1.78. The number of benzene rings is 1. The van der Waals surface area contributed by atoms with Crippen molar-refractivity contribution in [1.82, 2.24) is 24.3 Å². The first kappa shape index (κ1) is 17.0. The largest absolute Gasteiger partial charge is 0.477 e. The summed E-state index contributed by atoms with van der Waals surface area (Å²) in [5, 5.41) is 16.6. The number of thioether (sulfide) groups is 1. The lowest BCUT2D eigenvalue weighted by molar-refractivity contribution is -0.131. The number of fused-ring (bicyclic) bond motifs is 1. The molecule has 0 saturated carbocycles. The number of aryl methyl sites for hydroxylation is 3. The first-order chi connectivity index (χ1) is 11.9. The summed E-state index contributed by atoms with van der Waals surface area (Å²) in [4.78, 5) is 27.9. The van der Waals surface area contributed by atoms with Gasteiger partial charge in [0.15, 0.2) is 0 Å². The second kappa shape index (κ2) is 6.60. The lowest BCUT2D eigenvalue weighted by atomic mass is 10.2. The summed E-state index contributed by atoms with van der Waals surface area (Å²) in [6.07, 6.45) is 2.24. The van der Waals surface area contributed by atoms with E-state index in [0.29, 0.717) is 23.0 Å². The van der Waals surface area contributed by atoms with Gasteiger partial charge in [0.25, 0.3) is 0 Å². The average Bonchev–Trinajstić information content (AvgIpc) is 3.14. The minimum atomic E-state index is -1.06. The normalized spacial score (nSPS) is 12.0. The fourth-order valence-corrected chi connectivity index (χ4v) is 3.21. The van der Waals surface area contributed by atoms with Crippen LogP contribution in [-0.4, -0.2) is 35.4 Å². The molecule has 25 heavy (non-hydrogen) atoms. The van der Waals surface area contributed by atoms with E-state index in [0.717, 1.165) is 22.8 Å². The Kier molecular flexibility index (Phi) is 4.49. The number of carboxylic acid groups (broad SMARTS) is 1. The second-order valence-corrected chi connectivity index (χ2v) is 6.49. The molecule has 130 valence electrons. The number of imidazole rings is 1. The monoisotopic (exact) mass is 359 g/mol. The first-order valence-electron chi connectivity index (χ1n) is 7.60. The van der Waals surface area contributed by atoms with Crippen molar-refractivity contribution >= 4 is 34.8 Å². The third-order valence-electron chi connectivity index (χ3n) is 3.85. The summed E-state index contributed by atoms with van der Waals surface area (Å²) >= 11 is 0.980. The average molecular weight is 359 g/mol. The van der Waals surface area contributed by atoms with Gasteiger partial charge in [0.05, 0.1) is 11.0 Å². The maximum absolute atomic E-state index is 12.0. The molecule has 2 heterocycles. The molecule has 0 saturated heterocycles. The van der Waals surface area contributed by atoms with Crippen LogP contribution in [0.2, 0.25) is 0 Å². The van der Waals surface area contributed by atoms with E-state index in [1.165, 1.54) is 4.57 Å². The highest BCUT2D eigenvalue weighted by Crippen LogP contribution is 2.26. The lowest BCUT2D eigenvalue weighted by Crippen LogP contribution is -2.19. The van der Waals surface area contributed by atoms with Gasteiger partial charge in [-0.1, -0.05) is 13.0 Å². The van der Waals surface area contributed by atoms with Gasteiger partial charge in [-0.25, -0.2) is 14.6 Å². The second-order valence-electron chi connectivity index (χ2n) is 5.48. The Morgan fingerprint density at radius 2 is 2.04 bits per heavy atom. The third-order valence-corrected chi connectivity index (χ3v) is 4.73. The van der Waals surface area contributed by atoms with Crippen molar-refractivity contribution in [3.63, 3.8) is 0 Å². The molecule has 0 atom stereocenters. The topological polar surface area (TPSA) is 106 Å². The van der Waals surface area contributed by atoms with Gasteiger partial charge in [0.2, 0.25) is 5.16 Å². The quantitative estimate of drug-likeness (QED) is 0.531. The van der Waals surface area contributed by atoms with Crippen LogP contribution in [0.5, 0.6) is 0 Å². The number of hydrogen-bond donors (Lipinski definition) is 2. The van der Waals surface area contributed by atoms with Gasteiger partial charge < -0.3 is 5.11 Å². The highest BCUT2D eigenvalue weighted by atomic mass is 32.2. The minimum absolute atomic E-state index is 0.0990. The molecular formula is C16H17N5O3S. The van der Waals surface area contributed by atoms with E-state index in [-0.39, 0.29) is 10.6 Å². The van der Waals surface area contributed by atoms with Crippen molar-refractivity contribution in [3.05, 3.63) is 45.0 Å². The van der Waals surface area contributed by atoms with Crippen molar-refractivity contribution in [2.24, 2.45) is 14.1 Å². The first-order valence-corrected chi connectivity index (χ1v) is 8.42. The molecule has 9 heteroatoms. The van der Waals surface area contributed by atoms with Crippen LogP contribution in [0.1, 0.15) is 18.3 Å². The summed E-state index contributed by atoms with van der Waals surface area (Å²) in [5.41, 5.74) is 2.08. The van der Waals surface area contributed by atoms with E-state index in [1.54, 1.807) is 42.9 Å². The molecule has 8 nitrogen and oxygen atoms in total. The fraction of sp³-hybridized carbons (Fsp3) is 0.250. The lowest BCUT2D eigenvalue weighted by Gasteiger charge is -2.01. The zero-order valence-corrected chi connectivity index (χ0v) is 14.8. The number of hydrogen-bond acceptors (Lipinski definition) is 5. The molecule has 0 radical (unpaired) electrons. The maximum Gasteiger partial charge on any atom is 0.342 e. The number of aliphatic carboxylic acids is 1. The van der Waals surface area contributed by atoms with Crippen LogP contribution in [0.25, 0.3) is 17.1 Å². The molecule has 0 amide bonds. The van der Waals surface area contributed by atoms with Gasteiger partial charge in [0, 0.05) is 20.5 Å². The molecule has 0 unspecified atom stereocenters. The summed E-state index contributed by atoms with van der Waals surface area (Å²) in [7, 11) is 3.39. The SMILES string of the molecule is CCc1nc(S/C(=C\c2ccc3c(c2)n(C)c(=O)n3C)C(=O)O)n[nH]1. The molecule has 3 aromatic rings. The number of carbonyl (C=O) groups is 1. The number of nitrogens with one attached hydrogen (secondary N) is 1. The van der Waals surface area contributed by atoms with E-state index in [4.69, 9.17) is 0 Å². The van der Waals surface area contributed by atoms with Crippen molar-refractivity contribution in [1.29, 1.82) is 0 Å². The van der Waals surface area contributed by atoms with Crippen LogP contribution in [0.3, 0.4) is 0 Å². The van der Waals surface area contributed by atoms with E-state index in [1.807, 2.05) is 6.92 Å². The molecule has 0 bridgehead atoms. The minimum Gasteiger partial charge on any atom is -0.477 e. The maximum atomic E-state index is 12.0. The molecule has 1 aromatic carbocycles. The van der Waals surface area contributed by atoms with Crippen LogP contribution >= 0.6 is 11.8 Å². The van der Waals surface area contributed by atoms with Crippen LogP contribution < -0.4 is 5.69 Å². The molecule has 0 aliphatic heterocycles. The molecule has 0 aliphatic carbocycles. The smallest absolute Gasteiger partial charge is 0.342 e. The number of H-pyrrole nitrogens is 1. The Labute approximate surface area is 147 Å². The Hall–Kier alpha value is -2.81. The summed E-state index contributed by atoms with van der Waals surface area (Å²) in [6, 6.07) is 5.37. The Morgan fingerprint density at radius 1 is 1.32 bits per heavy atom. The molecule has 0 fully saturated rings. The number of nitrogens with zero attached hydrogens (tertiary/aromatic N) is 4. The van der Waals surface area contributed by atoms with Crippen LogP contribution in [0.4, 0.5) is 0 Å². The highest BCUT2D eigenvalue weighted by Gasteiger charge is 2.14. The predicted molar refractivity (Wildman–Crippen MR) is 95.4 cm³/mol. The number of rotatable bonds is 5. The van der Waals surface area contributed by atoms with Gasteiger partial charge in [-0.2, -0.15) is 0 Å². The molecule has 0 spiro atoms. The van der Waals surface area contributed by atoms with Crippen LogP contribution in [0, 0.1) is 0 Å². The van der Waals surface area contributed by atoms with Crippen molar-refractivity contribution < 1.29 is 9.90 Å². The van der Waals surface area contributed by atoms with Gasteiger partial charge in [-0.05, 0) is 35.5 Å². The zero-order chi connectivity index (χ0) is 18.1. The molecule has 0 aliphatic rings. The zero-order valence-electron chi connectivity index (χ0n) is 14.0. The molecular weight excluding hydrogens is 342 g/mol. The number of carboxylic acids is 1. The summed E-state index contributed by atoms with van der Waals surface area (Å²) in [5.74, 6) is -0.358. The van der Waals surface area contributed by atoms with E-state index in [9.17, 15) is 14.7 Å². The molecule has 3 rings (SSSR count). The number of aromatic amines is 1. The standard InChI is InChI=1S/C16H17N5O3S/c1-4-13-17-15(19-18-13)25-12(14(22)23)8-9-5-6-10-11(7-9)21(3)16(24)20(10)2/h5-8H,4H2,1-3H3,(H,22,23)(H,17,18,19)/b12-8-. The van der Waals surface area contributed by atoms with Gasteiger partial charge >= 0.3 is 11.7 Å². The molecule has 2 N–H and O–H groups in total. The van der Waals surface area contributed by atoms with Crippen molar-refractivity contribution in [2.75, 3.05) is 0 Å². The Balaban J connectivity index is 2.00. The number of aromatic nitrogens is 5. The highest BCUT2D eigenvalue weighted by molar-refractivity contribution is 8.04. The Bertz CT molecular complexity index is 1040. The van der Waals surface area contributed by atoms with Crippen molar-refractivity contribution in [2.45, 2.75) is 18.5 Å². The van der Waals surface area contributed by atoms with Gasteiger partial charge in [0.1, 0.15) is 10.7 Å². The van der Waals surface area contributed by atoms with Gasteiger partial charge in [-0.3, -0.25) is 14.2 Å². The van der Waals surface area contributed by atoms with Gasteiger partial charge in [-0.15, -0.1) is 5.10 Å². The molecule has 2 aromatic heterocycles.